The van der Waals surface area contributed by atoms with E-state index in [1.165, 1.54) is 11.1 Å². The fraction of sp³-hybridized carbons (Fsp3) is 0.409. The summed E-state index contributed by atoms with van der Waals surface area (Å²) in [6.45, 7) is 11.0. The van der Waals surface area contributed by atoms with Gasteiger partial charge in [-0.2, -0.15) is 0 Å². The number of carbonyl (C=O) groups excluding carboxylic acids is 1. The molecular weight excluding hydrogens is 340 g/mol. The Bertz CT molecular complexity index is 725. The van der Waals surface area contributed by atoms with Crippen molar-refractivity contribution in [2.24, 2.45) is 0 Å². The number of hydrogen-bond donors (Lipinski definition) is 0. The Morgan fingerprint density at radius 2 is 1.92 bits per heavy atom. The number of aryl methyl sites for hydroxylation is 2. The predicted octanol–water partition coefficient (Wildman–Crippen LogP) is 4.59. The monoisotopic (exact) mass is 368 g/mol. The van der Waals surface area contributed by atoms with Crippen LogP contribution in [0.15, 0.2) is 48.4 Å². The van der Waals surface area contributed by atoms with Gasteiger partial charge in [-0.15, -0.1) is 17.9 Å². The van der Waals surface area contributed by atoms with Crippen LogP contribution in [-0.4, -0.2) is 36.5 Å². The molecule has 1 aliphatic heterocycles. The first-order valence-electron chi connectivity index (χ1n) is 9.34. The lowest BCUT2D eigenvalue weighted by atomic mass is 9.98. The van der Waals surface area contributed by atoms with E-state index in [4.69, 9.17) is 0 Å². The Hall–Kier alpha value is -1.91. The summed E-state index contributed by atoms with van der Waals surface area (Å²) in [6, 6.07) is 10.6. The molecule has 3 rings (SSSR count). The van der Waals surface area contributed by atoms with Gasteiger partial charge >= 0.3 is 0 Å². The second-order valence-corrected chi connectivity index (χ2v) is 8.11. The van der Waals surface area contributed by atoms with E-state index in [0.29, 0.717) is 6.42 Å². The first-order valence-corrected chi connectivity index (χ1v) is 10.2. The van der Waals surface area contributed by atoms with Gasteiger partial charge in [0.1, 0.15) is 0 Å². The minimum Gasteiger partial charge on any atom is -0.308 e. The molecule has 0 N–H and O–H groups in total. The standard InChI is InChI=1S/C22H28N2OS/c1-4-12-23-13-10-19(11-14-23)24(21(25)16-20-9-6-15-26-20)22-17(2)7-5-8-18(22)3/h4-9,15,19H,1,10-14,16H2,2-3H3. The molecule has 0 unspecified atom stereocenters. The van der Waals surface area contributed by atoms with E-state index in [2.05, 4.69) is 54.5 Å². The minimum absolute atomic E-state index is 0.215. The molecule has 1 amide bonds. The van der Waals surface area contributed by atoms with Gasteiger partial charge in [-0.1, -0.05) is 30.3 Å². The van der Waals surface area contributed by atoms with E-state index >= 15 is 0 Å². The van der Waals surface area contributed by atoms with Gasteiger partial charge in [0.25, 0.3) is 0 Å². The minimum atomic E-state index is 0.215. The van der Waals surface area contributed by atoms with Crippen LogP contribution in [0.3, 0.4) is 0 Å². The van der Waals surface area contributed by atoms with Crippen molar-refractivity contribution in [2.75, 3.05) is 24.5 Å². The number of likely N-dealkylation sites (tertiary alicyclic amines) is 1. The van der Waals surface area contributed by atoms with Crippen LogP contribution in [0.1, 0.15) is 28.8 Å². The van der Waals surface area contributed by atoms with E-state index < -0.39 is 0 Å². The van der Waals surface area contributed by atoms with E-state index in [-0.39, 0.29) is 11.9 Å². The lowest BCUT2D eigenvalue weighted by Crippen LogP contribution is -2.48. The molecule has 2 heterocycles. The number of para-hydroxylation sites is 1. The van der Waals surface area contributed by atoms with Crippen LogP contribution in [0, 0.1) is 13.8 Å². The molecule has 2 aromatic rings. The smallest absolute Gasteiger partial charge is 0.232 e. The van der Waals surface area contributed by atoms with E-state index in [9.17, 15) is 4.79 Å². The Morgan fingerprint density at radius 1 is 1.23 bits per heavy atom. The summed E-state index contributed by atoms with van der Waals surface area (Å²) in [5.41, 5.74) is 3.47. The number of carbonyl (C=O) groups is 1. The molecular formula is C22H28N2OS. The van der Waals surface area contributed by atoms with Gasteiger partial charge in [0.15, 0.2) is 0 Å². The maximum absolute atomic E-state index is 13.3. The normalized spacial score (nSPS) is 15.8. The molecule has 1 aromatic carbocycles. The predicted molar refractivity (Wildman–Crippen MR) is 111 cm³/mol. The fourth-order valence-electron chi connectivity index (χ4n) is 3.89. The van der Waals surface area contributed by atoms with Gasteiger partial charge in [0, 0.05) is 36.2 Å². The third-order valence-corrected chi connectivity index (χ3v) is 6.04. The third-order valence-electron chi connectivity index (χ3n) is 5.16. The van der Waals surface area contributed by atoms with Crippen molar-refractivity contribution in [3.8, 4) is 0 Å². The van der Waals surface area contributed by atoms with Crippen molar-refractivity contribution < 1.29 is 4.79 Å². The average molecular weight is 369 g/mol. The van der Waals surface area contributed by atoms with Crippen LogP contribution in [0.4, 0.5) is 5.69 Å². The van der Waals surface area contributed by atoms with E-state index in [1.54, 1.807) is 11.3 Å². The molecule has 3 nitrogen and oxygen atoms in total. The van der Waals surface area contributed by atoms with E-state index in [1.807, 2.05) is 17.5 Å². The second-order valence-electron chi connectivity index (χ2n) is 7.08. The Morgan fingerprint density at radius 3 is 2.50 bits per heavy atom. The number of benzene rings is 1. The number of piperidine rings is 1. The zero-order valence-electron chi connectivity index (χ0n) is 15.8. The van der Waals surface area contributed by atoms with Crippen LogP contribution in [0.5, 0.6) is 0 Å². The quantitative estimate of drug-likeness (QED) is 0.696. The zero-order valence-corrected chi connectivity index (χ0v) is 16.6. The summed E-state index contributed by atoms with van der Waals surface area (Å²) in [5.74, 6) is 0.215. The molecule has 4 heteroatoms. The molecule has 1 fully saturated rings. The molecule has 26 heavy (non-hydrogen) atoms. The maximum Gasteiger partial charge on any atom is 0.232 e. The number of nitrogens with zero attached hydrogens (tertiary/aromatic N) is 2. The fourth-order valence-corrected chi connectivity index (χ4v) is 4.58. The van der Waals surface area contributed by atoms with Crippen molar-refractivity contribution in [3.63, 3.8) is 0 Å². The highest BCUT2D eigenvalue weighted by atomic mass is 32.1. The first-order chi connectivity index (χ1) is 12.6. The van der Waals surface area contributed by atoms with Gasteiger partial charge < -0.3 is 4.90 Å². The maximum atomic E-state index is 13.3. The lowest BCUT2D eigenvalue weighted by molar-refractivity contribution is -0.118. The second kappa shape index (κ2) is 8.65. The summed E-state index contributed by atoms with van der Waals surface area (Å²) < 4.78 is 0. The van der Waals surface area contributed by atoms with Gasteiger partial charge in [-0.3, -0.25) is 9.69 Å². The SMILES string of the molecule is C=CCN1CCC(N(C(=O)Cc2cccs2)c2c(C)cccc2C)CC1. The highest BCUT2D eigenvalue weighted by Crippen LogP contribution is 2.31. The van der Waals surface area contributed by atoms with Crippen LogP contribution in [0.2, 0.25) is 0 Å². The lowest BCUT2D eigenvalue weighted by Gasteiger charge is -2.39. The molecule has 1 aliphatic rings. The van der Waals surface area contributed by atoms with Gasteiger partial charge in [-0.25, -0.2) is 0 Å². The molecule has 138 valence electrons. The molecule has 0 aliphatic carbocycles. The average Bonchev–Trinajstić information content (AvgIpc) is 3.12. The van der Waals surface area contributed by atoms with Crippen molar-refractivity contribution in [3.05, 3.63) is 64.4 Å². The number of amides is 1. The Kier molecular flexibility index (Phi) is 6.28. The topological polar surface area (TPSA) is 23.6 Å². The highest BCUT2D eigenvalue weighted by Gasteiger charge is 2.30. The van der Waals surface area contributed by atoms with Crippen molar-refractivity contribution in [1.29, 1.82) is 0 Å². The van der Waals surface area contributed by atoms with Crippen molar-refractivity contribution in [1.82, 2.24) is 4.90 Å². The summed E-state index contributed by atoms with van der Waals surface area (Å²) in [7, 11) is 0. The van der Waals surface area contributed by atoms with E-state index in [0.717, 1.165) is 43.0 Å². The molecule has 0 bridgehead atoms. The van der Waals surface area contributed by atoms with Gasteiger partial charge in [-0.05, 0) is 49.3 Å². The van der Waals surface area contributed by atoms with Gasteiger partial charge in [0.2, 0.25) is 5.91 Å². The van der Waals surface area contributed by atoms with Crippen molar-refractivity contribution in [2.45, 2.75) is 39.2 Å². The molecule has 1 saturated heterocycles. The number of anilines is 1. The number of hydrogen-bond acceptors (Lipinski definition) is 3. The largest absolute Gasteiger partial charge is 0.308 e. The molecule has 0 radical (unpaired) electrons. The third kappa shape index (κ3) is 4.25. The molecule has 1 aromatic heterocycles. The summed E-state index contributed by atoms with van der Waals surface area (Å²) >= 11 is 1.66. The highest BCUT2D eigenvalue weighted by molar-refractivity contribution is 7.10. The number of thiophene rings is 1. The van der Waals surface area contributed by atoms with Crippen LogP contribution >= 0.6 is 11.3 Å². The Balaban J connectivity index is 1.87. The molecule has 0 spiro atoms. The van der Waals surface area contributed by atoms with Crippen molar-refractivity contribution >= 4 is 22.9 Å². The first kappa shape index (κ1) is 18.9. The summed E-state index contributed by atoms with van der Waals surface area (Å²) in [5, 5.41) is 2.04. The molecule has 0 saturated carbocycles. The summed E-state index contributed by atoms with van der Waals surface area (Å²) in [6.07, 6.45) is 4.47. The zero-order chi connectivity index (χ0) is 18.5. The van der Waals surface area contributed by atoms with Gasteiger partial charge in [0.05, 0.1) is 6.42 Å². The number of rotatable bonds is 6. The van der Waals surface area contributed by atoms with Crippen LogP contribution in [0.25, 0.3) is 0 Å². The summed E-state index contributed by atoms with van der Waals surface area (Å²) in [4.78, 5) is 19.0. The van der Waals surface area contributed by atoms with Crippen LogP contribution < -0.4 is 4.90 Å². The van der Waals surface area contributed by atoms with Crippen LogP contribution in [-0.2, 0) is 11.2 Å². The molecule has 0 atom stereocenters. The Labute approximate surface area is 160 Å².